The summed E-state index contributed by atoms with van der Waals surface area (Å²) in [7, 11) is 0. The summed E-state index contributed by atoms with van der Waals surface area (Å²) in [5, 5.41) is 21.4. The topological polar surface area (TPSA) is 57.5 Å². The van der Waals surface area contributed by atoms with E-state index in [1.54, 1.807) is 0 Å². The molecule has 0 bridgehead atoms. The molecule has 0 aromatic rings. The quantitative estimate of drug-likeness (QED) is 0.492. The molecule has 2 aliphatic carbocycles. The first-order chi connectivity index (χ1) is 14.1. The van der Waals surface area contributed by atoms with Crippen molar-refractivity contribution in [1.29, 1.82) is 0 Å². The molecular weight excluding hydrogens is 372 g/mol. The predicted molar refractivity (Wildman–Crippen MR) is 125 cm³/mol. The number of aliphatic hydroxyl groups is 2. The molecule has 0 aromatic heterocycles. The monoisotopic (exact) mass is 412 g/mol. The van der Waals surface area contributed by atoms with Gasteiger partial charge in [0.2, 0.25) is 5.78 Å². The lowest BCUT2D eigenvalue weighted by molar-refractivity contribution is -0.126. The predicted octanol–water partition coefficient (Wildman–Crippen LogP) is 6.77. The zero-order chi connectivity index (χ0) is 22.5. The first-order valence-corrected chi connectivity index (χ1v) is 11.4. The van der Waals surface area contributed by atoms with Crippen LogP contribution in [0.2, 0.25) is 0 Å². The average molecular weight is 413 g/mol. The number of Topliss-reactive ketones (excluding diaryl/α,β-unsaturated/α-hetero) is 1. The van der Waals surface area contributed by atoms with E-state index in [2.05, 4.69) is 32.1 Å². The molecule has 2 aliphatic rings. The summed E-state index contributed by atoms with van der Waals surface area (Å²) in [5.74, 6) is -0.268. The van der Waals surface area contributed by atoms with E-state index in [-0.39, 0.29) is 23.4 Å². The van der Waals surface area contributed by atoms with Crippen molar-refractivity contribution in [2.75, 3.05) is 0 Å². The molecule has 2 N–H and O–H groups in total. The molecule has 0 radical (unpaired) electrons. The molecule has 0 saturated heterocycles. The summed E-state index contributed by atoms with van der Waals surface area (Å²) >= 11 is 0. The second-order valence-electron chi connectivity index (χ2n) is 9.50. The SMILES string of the molecule is C/C=C/[C@@H](C)C1=C(O)C(=O)[C@@]2(C)C/C=C(\C)CC/C=C(\C)CC[C@H](O)/C(C)=C/C[C@H]12. The van der Waals surface area contributed by atoms with Crippen molar-refractivity contribution >= 4 is 5.78 Å². The minimum Gasteiger partial charge on any atom is -0.504 e. The number of ketones is 1. The highest BCUT2D eigenvalue weighted by Gasteiger charge is 2.51. The third-order valence-corrected chi connectivity index (χ3v) is 7.04. The number of hydrogen-bond donors (Lipinski definition) is 2. The molecule has 0 unspecified atom stereocenters. The Balaban J connectivity index is 2.48. The van der Waals surface area contributed by atoms with E-state index in [1.807, 2.05) is 39.8 Å². The Labute approximate surface area is 183 Å². The second-order valence-corrected chi connectivity index (χ2v) is 9.50. The Morgan fingerprint density at radius 3 is 2.47 bits per heavy atom. The molecule has 0 aromatic carbocycles. The van der Waals surface area contributed by atoms with Gasteiger partial charge in [0.25, 0.3) is 0 Å². The fourth-order valence-corrected chi connectivity index (χ4v) is 4.78. The highest BCUT2D eigenvalue weighted by molar-refractivity contribution is 6.02. The highest BCUT2D eigenvalue weighted by Crippen LogP contribution is 2.51. The summed E-state index contributed by atoms with van der Waals surface area (Å²) in [6.07, 6.45) is 14.9. The molecule has 30 heavy (non-hydrogen) atoms. The Bertz CT molecular complexity index is 793. The van der Waals surface area contributed by atoms with Crippen molar-refractivity contribution in [3.05, 3.63) is 58.4 Å². The molecule has 0 fully saturated rings. The molecule has 2 rings (SSSR count). The van der Waals surface area contributed by atoms with Crippen LogP contribution in [-0.2, 0) is 4.79 Å². The van der Waals surface area contributed by atoms with Gasteiger partial charge in [-0.25, -0.2) is 0 Å². The van der Waals surface area contributed by atoms with E-state index in [1.165, 1.54) is 11.1 Å². The first-order valence-electron chi connectivity index (χ1n) is 11.4. The van der Waals surface area contributed by atoms with Crippen molar-refractivity contribution in [1.82, 2.24) is 0 Å². The highest BCUT2D eigenvalue weighted by atomic mass is 16.3. The van der Waals surface area contributed by atoms with Gasteiger partial charge < -0.3 is 10.2 Å². The molecule has 3 heteroatoms. The zero-order valence-corrected chi connectivity index (χ0v) is 19.7. The fourth-order valence-electron chi connectivity index (χ4n) is 4.78. The third-order valence-electron chi connectivity index (χ3n) is 7.04. The van der Waals surface area contributed by atoms with Crippen molar-refractivity contribution in [2.45, 2.75) is 86.2 Å². The summed E-state index contributed by atoms with van der Waals surface area (Å²) in [4.78, 5) is 13.2. The standard InChI is InChI=1S/C27H40O3/c1-7-9-21(5)24-22-14-13-20(4)23(28)15-12-18(2)10-8-11-19(3)16-17-27(22,6)26(30)25(24)29/h7,9-10,13,16,21-23,28-29H,8,11-12,14-15,17H2,1-6H3/b9-7+,18-10+,19-16+,20-13+/t21-,22-,23+,27+/m1/s1. The van der Waals surface area contributed by atoms with Gasteiger partial charge in [-0.2, -0.15) is 0 Å². The van der Waals surface area contributed by atoms with Crippen LogP contribution in [0.15, 0.2) is 58.4 Å². The molecular formula is C27H40O3. The maximum atomic E-state index is 13.2. The fraction of sp³-hybridized carbons (Fsp3) is 0.593. The van der Waals surface area contributed by atoms with E-state index >= 15 is 0 Å². The van der Waals surface area contributed by atoms with Crippen LogP contribution in [0.25, 0.3) is 0 Å². The number of carbonyl (C=O) groups excluding carboxylic acids is 1. The number of aliphatic hydroxyl groups excluding tert-OH is 2. The normalized spacial score (nSPS) is 36.1. The Kier molecular flexibility index (Phi) is 8.49. The number of hydrogen-bond acceptors (Lipinski definition) is 3. The second kappa shape index (κ2) is 10.4. The van der Waals surface area contributed by atoms with Crippen LogP contribution < -0.4 is 0 Å². The third kappa shape index (κ3) is 5.43. The molecule has 0 heterocycles. The van der Waals surface area contributed by atoms with Gasteiger partial charge in [-0.3, -0.25) is 4.79 Å². The maximum absolute atomic E-state index is 13.2. The van der Waals surface area contributed by atoms with E-state index in [4.69, 9.17) is 0 Å². The van der Waals surface area contributed by atoms with E-state index < -0.39 is 11.5 Å². The van der Waals surface area contributed by atoms with Crippen LogP contribution in [0.3, 0.4) is 0 Å². The summed E-state index contributed by atoms with van der Waals surface area (Å²) in [6.45, 7) is 12.2. The minimum absolute atomic E-state index is 0.00316. The number of allylic oxidation sites excluding steroid dienone is 9. The van der Waals surface area contributed by atoms with Crippen molar-refractivity contribution in [2.24, 2.45) is 17.3 Å². The van der Waals surface area contributed by atoms with E-state index in [0.717, 1.165) is 30.4 Å². The molecule has 0 aliphatic heterocycles. The van der Waals surface area contributed by atoms with Gasteiger partial charge in [0.05, 0.1) is 6.10 Å². The van der Waals surface area contributed by atoms with Crippen molar-refractivity contribution < 1.29 is 15.0 Å². The van der Waals surface area contributed by atoms with Crippen LogP contribution in [0.1, 0.15) is 80.1 Å². The lowest BCUT2D eigenvalue weighted by atomic mass is 9.70. The lowest BCUT2D eigenvalue weighted by Gasteiger charge is -2.32. The maximum Gasteiger partial charge on any atom is 0.203 e. The number of rotatable bonds is 2. The van der Waals surface area contributed by atoms with Crippen molar-refractivity contribution in [3.8, 4) is 0 Å². The van der Waals surface area contributed by atoms with Gasteiger partial charge in [-0.15, -0.1) is 0 Å². The van der Waals surface area contributed by atoms with E-state index in [9.17, 15) is 15.0 Å². The van der Waals surface area contributed by atoms with Gasteiger partial charge in [0.15, 0.2) is 5.76 Å². The van der Waals surface area contributed by atoms with Crippen LogP contribution in [0.4, 0.5) is 0 Å². The van der Waals surface area contributed by atoms with Crippen molar-refractivity contribution in [3.63, 3.8) is 0 Å². The van der Waals surface area contributed by atoms with Gasteiger partial charge in [-0.1, -0.05) is 55.4 Å². The Hall–Kier alpha value is -1.87. The Morgan fingerprint density at radius 1 is 1.13 bits per heavy atom. The molecule has 0 spiro atoms. The average Bonchev–Trinajstić information content (AvgIpc) is 2.89. The molecule has 166 valence electrons. The van der Waals surface area contributed by atoms with Gasteiger partial charge in [-0.05, 0) is 83.3 Å². The summed E-state index contributed by atoms with van der Waals surface area (Å²) in [6, 6.07) is 0. The Morgan fingerprint density at radius 2 is 1.80 bits per heavy atom. The van der Waals surface area contributed by atoms with Crippen LogP contribution in [0, 0.1) is 17.3 Å². The molecule has 0 amide bonds. The number of fused-ring (bicyclic) bond motifs is 1. The van der Waals surface area contributed by atoms with Crippen LogP contribution >= 0.6 is 0 Å². The number of carbonyl (C=O) groups is 1. The summed E-state index contributed by atoms with van der Waals surface area (Å²) in [5.41, 5.74) is 3.72. The molecule has 3 nitrogen and oxygen atoms in total. The van der Waals surface area contributed by atoms with Gasteiger partial charge in [0.1, 0.15) is 0 Å². The summed E-state index contributed by atoms with van der Waals surface area (Å²) < 4.78 is 0. The van der Waals surface area contributed by atoms with Gasteiger partial charge >= 0.3 is 0 Å². The van der Waals surface area contributed by atoms with Gasteiger partial charge in [0, 0.05) is 11.3 Å². The zero-order valence-electron chi connectivity index (χ0n) is 19.7. The molecule has 4 atom stereocenters. The lowest BCUT2D eigenvalue weighted by Crippen LogP contribution is -2.31. The largest absolute Gasteiger partial charge is 0.504 e. The van der Waals surface area contributed by atoms with E-state index in [0.29, 0.717) is 19.3 Å². The van der Waals surface area contributed by atoms with Crippen LogP contribution in [-0.4, -0.2) is 22.1 Å². The van der Waals surface area contributed by atoms with Crippen LogP contribution in [0.5, 0.6) is 0 Å². The smallest absolute Gasteiger partial charge is 0.203 e. The molecule has 0 saturated carbocycles. The first kappa shape index (κ1) is 24.4. The minimum atomic E-state index is -0.663.